The molecule has 0 aliphatic heterocycles. The minimum Gasteiger partial charge on any atom is -0.466 e. The first-order valence-electron chi connectivity index (χ1n) is 7.77. The van der Waals surface area contributed by atoms with Gasteiger partial charge in [0.1, 0.15) is 0 Å². The Morgan fingerprint density at radius 1 is 1.23 bits per heavy atom. The van der Waals surface area contributed by atoms with E-state index in [1.54, 1.807) is 13.0 Å². The summed E-state index contributed by atoms with van der Waals surface area (Å²) >= 11 is 0. The number of benzene rings is 1. The fourth-order valence-electron chi connectivity index (χ4n) is 2.79. The lowest BCUT2D eigenvalue weighted by atomic mass is 9.88. The summed E-state index contributed by atoms with van der Waals surface area (Å²) in [6.45, 7) is 1.71. The van der Waals surface area contributed by atoms with E-state index in [2.05, 4.69) is 10.1 Å². The number of hydrogen-bond donors (Lipinski definition) is 1. The maximum atomic E-state index is 12.3. The third kappa shape index (κ3) is 4.45. The Morgan fingerprint density at radius 2 is 1.95 bits per heavy atom. The van der Waals surface area contributed by atoms with Crippen LogP contribution in [0.1, 0.15) is 44.6 Å². The average molecular weight is 301 g/mol. The van der Waals surface area contributed by atoms with Crippen molar-refractivity contribution in [2.75, 3.05) is 12.4 Å². The van der Waals surface area contributed by atoms with Gasteiger partial charge in [0, 0.05) is 17.2 Å². The summed E-state index contributed by atoms with van der Waals surface area (Å²) in [7, 11) is 1.36. The number of hydrogen-bond acceptors (Lipinski definition) is 3. The van der Waals surface area contributed by atoms with Crippen LogP contribution in [0.5, 0.6) is 0 Å². The molecular weight excluding hydrogens is 278 g/mol. The van der Waals surface area contributed by atoms with E-state index in [1.807, 2.05) is 24.3 Å². The minimum absolute atomic E-state index is 0.102. The van der Waals surface area contributed by atoms with E-state index in [0.717, 1.165) is 36.9 Å². The van der Waals surface area contributed by atoms with E-state index in [9.17, 15) is 9.59 Å². The summed E-state index contributed by atoms with van der Waals surface area (Å²) in [4.78, 5) is 23.7. The zero-order chi connectivity index (χ0) is 15.9. The van der Waals surface area contributed by atoms with Gasteiger partial charge in [0.25, 0.3) is 0 Å². The van der Waals surface area contributed by atoms with E-state index in [-0.39, 0.29) is 17.8 Å². The molecule has 118 valence electrons. The zero-order valence-corrected chi connectivity index (χ0v) is 13.2. The van der Waals surface area contributed by atoms with Crippen molar-refractivity contribution >= 4 is 23.6 Å². The van der Waals surface area contributed by atoms with Gasteiger partial charge in [-0.2, -0.15) is 0 Å². The molecule has 2 rings (SSSR count). The third-order valence-corrected chi connectivity index (χ3v) is 4.02. The molecular formula is C18H23NO3. The highest BCUT2D eigenvalue weighted by Gasteiger charge is 2.20. The maximum absolute atomic E-state index is 12.3. The van der Waals surface area contributed by atoms with Gasteiger partial charge in [-0.3, -0.25) is 4.79 Å². The van der Waals surface area contributed by atoms with E-state index < -0.39 is 0 Å². The van der Waals surface area contributed by atoms with Crippen molar-refractivity contribution in [3.63, 3.8) is 0 Å². The highest BCUT2D eigenvalue weighted by molar-refractivity contribution is 5.94. The second-order valence-corrected chi connectivity index (χ2v) is 5.77. The van der Waals surface area contributed by atoms with Gasteiger partial charge in [-0.1, -0.05) is 31.4 Å². The second kappa shape index (κ2) is 7.78. The van der Waals surface area contributed by atoms with Gasteiger partial charge in [0.2, 0.25) is 5.91 Å². The molecule has 1 aromatic rings. The Hall–Kier alpha value is -2.10. The summed E-state index contributed by atoms with van der Waals surface area (Å²) in [5.41, 5.74) is 2.16. The average Bonchev–Trinajstić information content (AvgIpc) is 2.55. The number of methoxy groups -OCH3 is 1. The molecule has 1 aliphatic carbocycles. The quantitative estimate of drug-likeness (QED) is 0.680. The largest absolute Gasteiger partial charge is 0.466 e. The third-order valence-electron chi connectivity index (χ3n) is 4.02. The first kappa shape index (κ1) is 16.3. The van der Waals surface area contributed by atoms with Crippen molar-refractivity contribution in [2.24, 2.45) is 5.92 Å². The monoisotopic (exact) mass is 301 g/mol. The molecule has 22 heavy (non-hydrogen) atoms. The van der Waals surface area contributed by atoms with Gasteiger partial charge in [-0.05, 0) is 43.5 Å². The molecule has 1 aromatic carbocycles. The number of anilines is 1. The number of carbonyl (C=O) groups excluding carboxylic acids is 2. The number of nitrogens with one attached hydrogen (secondary N) is 1. The smallest absolute Gasteiger partial charge is 0.333 e. The van der Waals surface area contributed by atoms with Gasteiger partial charge < -0.3 is 10.1 Å². The molecule has 0 radical (unpaired) electrons. The molecule has 1 fully saturated rings. The van der Waals surface area contributed by atoms with Crippen LogP contribution in [0.4, 0.5) is 5.69 Å². The number of carbonyl (C=O) groups is 2. The molecule has 4 nitrogen and oxygen atoms in total. The Morgan fingerprint density at radius 3 is 2.64 bits per heavy atom. The fraction of sp³-hybridized carbons (Fsp3) is 0.444. The molecule has 1 saturated carbocycles. The lowest BCUT2D eigenvalue weighted by Gasteiger charge is -2.20. The van der Waals surface area contributed by atoms with Gasteiger partial charge in [-0.15, -0.1) is 0 Å². The number of amides is 1. The van der Waals surface area contributed by atoms with Crippen LogP contribution in [-0.2, 0) is 14.3 Å². The Balaban J connectivity index is 2.05. The summed E-state index contributed by atoms with van der Waals surface area (Å²) in [6.07, 6.45) is 7.22. The molecule has 0 atom stereocenters. The predicted octanol–water partition coefficient (Wildman–Crippen LogP) is 3.78. The molecule has 0 saturated heterocycles. The van der Waals surface area contributed by atoms with E-state index in [4.69, 9.17) is 0 Å². The Kier molecular flexibility index (Phi) is 5.75. The minimum atomic E-state index is -0.350. The summed E-state index contributed by atoms with van der Waals surface area (Å²) in [5, 5.41) is 2.98. The zero-order valence-electron chi connectivity index (χ0n) is 13.2. The summed E-state index contributed by atoms with van der Waals surface area (Å²) in [5.74, 6) is -0.119. The standard InChI is InChI=1S/C18H23NO3/c1-13(18(21)22-2)11-14-7-6-10-16(12-14)19-17(20)15-8-4-3-5-9-15/h6-7,10-12,15H,3-5,8-9H2,1-2H3,(H,19,20)/b13-11+. The van der Waals surface area contributed by atoms with Crippen molar-refractivity contribution in [2.45, 2.75) is 39.0 Å². The van der Waals surface area contributed by atoms with Crippen LogP contribution < -0.4 is 5.32 Å². The normalized spacial score (nSPS) is 16.2. The van der Waals surface area contributed by atoms with E-state index in [1.165, 1.54) is 13.5 Å². The lowest BCUT2D eigenvalue weighted by molar-refractivity contribution is -0.135. The second-order valence-electron chi connectivity index (χ2n) is 5.77. The SMILES string of the molecule is COC(=O)/C(C)=C/c1cccc(NC(=O)C2CCCCC2)c1. The fourth-order valence-corrected chi connectivity index (χ4v) is 2.79. The molecule has 0 spiro atoms. The highest BCUT2D eigenvalue weighted by atomic mass is 16.5. The molecule has 4 heteroatoms. The number of esters is 1. The summed E-state index contributed by atoms with van der Waals surface area (Å²) < 4.78 is 4.68. The molecule has 0 bridgehead atoms. The van der Waals surface area contributed by atoms with Gasteiger partial charge in [-0.25, -0.2) is 4.79 Å². The molecule has 1 aliphatic rings. The highest BCUT2D eigenvalue weighted by Crippen LogP contribution is 2.25. The molecule has 1 N–H and O–H groups in total. The molecule has 0 heterocycles. The predicted molar refractivity (Wildman–Crippen MR) is 87.3 cm³/mol. The number of rotatable bonds is 4. The molecule has 1 amide bonds. The first-order valence-corrected chi connectivity index (χ1v) is 7.77. The maximum Gasteiger partial charge on any atom is 0.333 e. The van der Waals surface area contributed by atoms with Crippen molar-refractivity contribution in [1.82, 2.24) is 0 Å². The van der Waals surface area contributed by atoms with Crippen LogP contribution in [0.25, 0.3) is 6.08 Å². The van der Waals surface area contributed by atoms with Crippen LogP contribution in [0.15, 0.2) is 29.8 Å². The Bertz CT molecular complexity index is 571. The van der Waals surface area contributed by atoms with E-state index in [0.29, 0.717) is 5.57 Å². The topological polar surface area (TPSA) is 55.4 Å². The molecule has 0 unspecified atom stereocenters. The first-order chi connectivity index (χ1) is 10.6. The van der Waals surface area contributed by atoms with Crippen LogP contribution in [0, 0.1) is 5.92 Å². The summed E-state index contributed by atoms with van der Waals surface area (Å²) in [6, 6.07) is 7.49. The van der Waals surface area contributed by atoms with Crippen molar-refractivity contribution < 1.29 is 14.3 Å². The van der Waals surface area contributed by atoms with Gasteiger partial charge in [0.15, 0.2) is 0 Å². The van der Waals surface area contributed by atoms with Gasteiger partial charge >= 0.3 is 5.97 Å². The van der Waals surface area contributed by atoms with Crippen molar-refractivity contribution in [1.29, 1.82) is 0 Å². The molecule has 0 aromatic heterocycles. The Labute approximate surface area is 131 Å². The van der Waals surface area contributed by atoms with Gasteiger partial charge in [0.05, 0.1) is 7.11 Å². The lowest BCUT2D eigenvalue weighted by Crippen LogP contribution is -2.24. The van der Waals surface area contributed by atoms with Crippen LogP contribution >= 0.6 is 0 Å². The van der Waals surface area contributed by atoms with E-state index >= 15 is 0 Å². The number of ether oxygens (including phenoxy) is 1. The van der Waals surface area contributed by atoms with Crippen LogP contribution in [0.3, 0.4) is 0 Å². The van der Waals surface area contributed by atoms with Crippen molar-refractivity contribution in [3.8, 4) is 0 Å². The van der Waals surface area contributed by atoms with Crippen LogP contribution in [-0.4, -0.2) is 19.0 Å². The van der Waals surface area contributed by atoms with Crippen LogP contribution in [0.2, 0.25) is 0 Å². The van der Waals surface area contributed by atoms with Crippen molar-refractivity contribution in [3.05, 3.63) is 35.4 Å².